The summed E-state index contributed by atoms with van der Waals surface area (Å²) in [4.78, 5) is 45.1. The summed E-state index contributed by atoms with van der Waals surface area (Å²) in [6.07, 6.45) is 5.43. The molecule has 3 heterocycles. The molecule has 0 aliphatic carbocycles. The van der Waals surface area contributed by atoms with E-state index in [0.29, 0.717) is 30.8 Å². The van der Waals surface area contributed by atoms with Gasteiger partial charge in [0.05, 0.1) is 30.3 Å². The maximum absolute atomic E-state index is 14.5. The van der Waals surface area contributed by atoms with Crippen molar-refractivity contribution in [2.45, 2.75) is 59.9 Å². The number of benzene rings is 1. The van der Waals surface area contributed by atoms with E-state index in [1.54, 1.807) is 53.8 Å². The third-order valence-corrected chi connectivity index (χ3v) is 11.1. The average Bonchev–Trinajstić information content (AvgIpc) is 3.50. The molecular weight excluding hydrogens is 572 g/mol. The van der Waals surface area contributed by atoms with Gasteiger partial charge in [0.25, 0.3) is 5.91 Å². The van der Waals surface area contributed by atoms with Crippen molar-refractivity contribution in [3.05, 3.63) is 36.9 Å². The Kier molecular flexibility index (Phi) is 9.47. The fourth-order valence-electron chi connectivity index (χ4n) is 6.27. The monoisotopic (exact) mass is 608 g/mol. The average molecular weight is 610 g/mol. The highest BCUT2D eigenvalue weighted by atomic mass is 79.9. The molecule has 38 heavy (non-hydrogen) atoms. The molecule has 0 saturated carbocycles. The van der Waals surface area contributed by atoms with Crippen LogP contribution in [0.25, 0.3) is 0 Å². The Balaban J connectivity index is 1.72. The molecule has 8 nitrogen and oxygen atoms in total. The van der Waals surface area contributed by atoms with Gasteiger partial charge < -0.3 is 24.4 Å². The molecule has 3 aliphatic heterocycles. The van der Waals surface area contributed by atoms with Crippen molar-refractivity contribution in [1.82, 2.24) is 4.90 Å². The lowest BCUT2D eigenvalue weighted by molar-refractivity contribution is -0.153. The van der Waals surface area contributed by atoms with Crippen LogP contribution in [0, 0.1) is 11.8 Å². The van der Waals surface area contributed by atoms with Gasteiger partial charge in [-0.3, -0.25) is 14.4 Å². The first-order chi connectivity index (χ1) is 18.3. The van der Waals surface area contributed by atoms with Gasteiger partial charge in [-0.1, -0.05) is 34.8 Å². The summed E-state index contributed by atoms with van der Waals surface area (Å²) in [5.41, 5.74) is 0.695. The first-order valence-electron chi connectivity index (χ1n) is 13.3. The number of unbranched alkanes of at least 4 members (excludes halogenated alkanes) is 3. The summed E-state index contributed by atoms with van der Waals surface area (Å²) in [7, 11) is 1.59. The molecule has 10 heteroatoms. The maximum atomic E-state index is 14.5. The van der Waals surface area contributed by atoms with Crippen molar-refractivity contribution < 1.29 is 29.0 Å². The minimum atomic E-state index is -0.721. The van der Waals surface area contributed by atoms with E-state index in [4.69, 9.17) is 14.6 Å². The maximum Gasteiger partial charge on any atom is 0.310 e. The van der Waals surface area contributed by atoms with Gasteiger partial charge in [-0.2, -0.15) is 0 Å². The van der Waals surface area contributed by atoms with Gasteiger partial charge in [-0.25, -0.2) is 0 Å². The molecule has 6 atom stereocenters. The van der Waals surface area contributed by atoms with Crippen LogP contribution in [0.4, 0.5) is 5.69 Å². The van der Waals surface area contributed by atoms with Crippen LogP contribution in [0.1, 0.15) is 39.0 Å². The summed E-state index contributed by atoms with van der Waals surface area (Å²) in [6, 6.07) is 6.56. The molecule has 1 N–H and O–H groups in total. The Hall–Kier alpha value is -2.04. The fraction of sp³-hybridized carbons (Fsp3) is 0.607. The van der Waals surface area contributed by atoms with E-state index in [-0.39, 0.29) is 47.6 Å². The van der Waals surface area contributed by atoms with Crippen LogP contribution < -0.4 is 9.64 Å². The van der Waals surface area contributed by atoms with Gasteiger partial charge in [-0.05, 0) is 50.5 Å². The Morgan fingerprint density at radius 1 is 1.26 bits per heavy atom. The Labute approximate surface area is 237 Å². The van der Waals surface area contributed by atoms with Crippen molar-refractivity contribution in [3.8, 4) is 5.75 Å². The van der Waals surface area contributed by atoms with Gasteiger partial charge in [0.1, 0.15) is 11.8 Å². The van der Waals surface area contributed by atoms with E-state index in [2.05, 4.69) is 22.5 Å². The van der Waals surface area contributed by atoms with Crippen LogP contribution in [0.15, 0.2) is 36.9 Å². The number of thioether (sulfide) groups is 1. The summed E-state index contributed by atoms with van der Waals surface area (Å²) < 4.78 is 9.99. The van der Waals surface area contributed by atoms with E-state index in [9.17, 15) is 14.4 Å². The van der Waals surface area contributed by atoms with Crippen LogP contribution in [-0.2, 0) is 19.1 Å². The number of likely N-dealkylation sites (tertiary alicyclic amines) is 1. The van der Waals surface area contributed by atoms with Crippen LogP contribution in [0.3, 0.4) is 0 Å². The highest BCUT2D eigenvalue weighted by Gasteiger charge is 2.76. The number of methoxy groups -OCH3 is 1. The number of ether oxygens (including phenoxy) is 2. The van der Waals surface area contributed by atoms with Gasteiger partial charge in [-0.15, -0.1) is 18.3 Å². The zero-order valence-corrected chi connectivity index (χ0v) is 24.4. The lowest BCUT2D eigenvalue weighted by Crippen LogP contribution is -2.55. The first kappa shape index (κ1) is 29.0. The molecule has 3 saturated heterocycles. The number of anilines is 1. The zero-order valence-electron chi connectivity index (χ0n) is 22.0. The topological polar surface area (TPSA) is 96.4 Å². The van der Waals surface area contributed by atoms with E-state index in [1.807, 2.05) is 12.1 Å². The zero-order chi connectivity index (χ0) is 27.4. The van der Waals surface area contributed by atoms with Gasteiger partial charge >= 0.3 is 5.97 Å². The summed E-state index contributed by atoms with van der Waals surface area (Å²) in [5.74, 6) is -1.16. The van der Waals surface area contributed by atoms with Crippen LogP contribution in [-0.4, -0.2) is 82.1 Å². The van der Waals surface area contributed by atoms with Crippen LogP contribution in [0.5, 0.6) is 5.75 Å². The highest BCUT2D eigenvalue weighted by Crippen LogP contribution is 2.68. The Bertz CT molecular complexity index is 1040. The predicted octanol–water partition coefficient (Wildman–Crippen LogP) is 3.79. The minimum Gasteiger partial charge on any atom is -0.497 e. The molecular formula is C28H37BrN2O6S. The number of carbonyl (C=O) groups is 3. The number of fused-ring (bicyclic) bond motifs is 1. The third-order valence-electron chi connectivity index (χ3n) is 7.85. The van der Waals surface area contributed by atoms with Crippen molar-refractivity contribution in [2.24, 2.45) is 11.8 Å². The highest BCUT2D eigenvalue weighted by molar-refractivity contribution is 9.09. The second-order valence-electron chi connectivity index (χ2n) is 10.0. The van der Waals surface area contributed by atoms with E-state index in [1.165, 1.54) is 0 Å². The molecule has 2 bridgehead atoms. The fourth-order valence-corrected chi connectivity index (χ4v) is 9.86. The summed E-state index contributed by atoms with van der Waals surface area (Å²) >= 11 is 5.39. The molecule has 0 aromatic heterocycles. The predicted molar refractivity (Wildman–Crippen MR) is 152 cm³/mol. The molecule has 3 unspecified atom stereocenters. The lowest BCUT2D eigenvalue weighted by Gasteiger charge is -2.37. The number of aliphatic hydroxyl groups excluding tert-OH is 1. The second-order valence-corrected chi connectivity index (χ2v) is 12.7. The normalized spacial score (nSPS) is 29.3. The largest absolute Gasteiger partial charge is 0.497 e. The molecule has 3 fully saturated rings. The van der Waals surface area contributed by atoms with E-state index < -0.39 is 22.6 Å². The molecule has 3 aliphatic rings. The van der Waals surface area contributed by atoms with Crippen molar-refractivity contribution >= 4 is 51.2 Å². The van der Waals surface area contributed by atoms with E-state index in [0.717, 1.165) is 19.3 Å². The molecule has 2 amide bonds. The van der Waals surface area contributed by atoms with Gasteiger partial charge in [0.15, 0.2) is 0 Å². The number of hydrogen-bond acceptors (Lipinski definition) is 7. The number of aliphatic hydroxyl groups is 1. The van der Waals surface area contributed by atoms with E-state index >= 15 is 0 Å². The van der Waals surface area contributed by atoms with Gasteiger partial charge in [0.2, 0.25) is 5.91 Å². The number of alkyl halides is 1. The number of halogens is 1. The molecule has 208 valence electrons. The van der Waals surface area contributed by atoms with Crippen LogP contribution in [0.2, 0.25) is 0 Å². The van der Waals surface area contributed by atoms with Crippen LogP contribution >= 0.6 is 27.7 Å². The van der Waals surface area contributed by atoms with Gasteiger partial charge in [0, 0.05) is 35.5 Å². The number of hydrogen-bond donors (Lipinski definition) is 1. The lowest BCUT2D eigenvalue weighted by atomic mass is 9.71. The summed E-state index contributed by atoms with van der Waals surface area (Å²) in [6.45, 7) is 6.73. The first-order valence-corrected chi connectivity index (χ1v) is 15.1. The molecule has 1 spiro atoms. The van der Waals surface area contributed by atoms with Crippen molar-refractivity contribution in [1.29, 1.82) is 0 Å². The third kappa shape index (κ3) is 5.11. The minimum absolute atomic E-state index is 0.000369. The number of rotatable bonds is 13. The number of nitrogens with zero attached hydrogens (tertiary/aromatic N) is 2. The quantitative estimate of drug-likeness (QED) is 0.157. The molecule has 4 rings (SSSR count). The SMILES string of the molecule is C=CCN(C(=O)C1N(CCCCCCO)C(=O)[C@@H]2[C@H](C(=O)OCC)[C@H]3SC12CC3Br)c1ccc(OC)cc1. The smallest absolute Gasteiger partial charge is 0.310 e. The summed E-state index contributed by atoms with van der Waals surface area (Å²) in [5, 5.41) is 9.01. The molecule has 1 aromatic rings. The van der Waals surface area contributed by atoms with Crippen molar-refractivity contribution in [3.63, 3.8) is 0 Å². The second kappa shape index (κ2) is 12.4. The Morgan fingerprint density at radius 2 is 1.97 bits per heavy atom. The number of amides is 2. The standard InChI is InChI=1S/C28H37BrN2O6S/c1-4-14-30(18-10-12-19(36-3)13-11-18)26(34)24-28-17-20(29)23(38-28)21(27(35)37-5-2)22(28)25(33)31(24)15-8-6-7-9-16-32/h4,10-13,20-24,32H,1,5-9,14-17H2,2-3H3/t20?,21-,22-,23-,24?,28?/m0/s1. The van der Waals surface area contributed by atoms with Crippen molar-refractivity contribution in [2.75, 3.05) is 38.3 Å². The number of esters is 1. The molecule has 1 aromatic carbocycles. The number of carbonyl (C=O) groups excluding carboxylic acids is 3. The molecule has 0 radical (unpaired) electrons. The Morgan fingerprint density at radius 3 is 2.61 bits per heavy atom.